The van der Waals surface area contributed by atoms with E-state index in [0.29, 0.717) is 18.5 Å². The van der Waals surface area contributed by atoms with Crippen molar-refractivity contribution in [2.24, 2.45) is 5.73 Å². The standard InChI is InChI=1S/C15H20N2O3/c16-6-2-7-17-10-12(3-1-8-18)13-5-4-11(15(19)20)9-14(13)17/h4-5,9-10,18H,1-3,6-8,16H2,(H,19,20). The smallest absolute Gasteiger partial charge is 0.335 e. The van der Waals surface area contributed by atoms with Crippen molar-refractivity contribution in [3.8, 4) is 0 Å². The summed E-state index contributed by atoms with van der Waals surface area (Å²) < 4.78 is 2.06. The Labute approximate surface area is 117 Å². The van der Waals surface area contributed by atoms with Gasteiger partial charge in [0.05, 0.1) is 5.56 Å². The normalized spacial score (nSPS) is 11.1. The molecule has 0 fully saturated rings. The fourth-order valence-corrected chi connectivity index (χ4v) is 2.42. The maximum atomic E-state index is 11.1. The number of aromatic nitrogens is 1. The molecule has 0 unspecified atom stereocenters. The molecule has 1 aromatic heterocycles. The number of carboxylic acid groups (broad SMARTS) is 1. The van der Waals surface area contributed by atoms with Crippen LogP contribution in [0, 0.1) is 0 Å². The highest BCUT2D eigenvalue weighted by molar-refractivity contribution is 5.94. The van der Waals surface area contributed by atoms with Crippen molar-refractivity contribution >= 4 is 16.9 Å². The van der Waals surface area contributed by atoms with Gasteiger partial charge >= 0.3 is 5.97 Å². The number of aliphatic hydroxyl groups excluding tert-OH is 1. The number of nitrogens with two attached hydrogens (primary N) is 1. The van der Waals surface area contributed by atoms with Gasteiger partial charge in [0.2, 0.25) is 0 Å². The Bertz CT molecular complexity index is 604. The summed E-state index contributed by atoms with van der Waals surface area (Å²) in [5.41, 5.74) is 7.90. The summed E-state index contributed by atoms with van der Waals surface area (Å²) in [6.45, 7) is 1.53. The zero-order valence-electron chi connectivity index (χ0n) is 11.4. The number of carbonyl (C=O) groups is 1. The van der Waals surface area contributed by atoms with E-state index >= 15 is 0 Å². The monoisotopic (exact) mass is 276 g/mol. The Morgan fingerprint density at radius 3 is 2.75 bits per heavy atom. The van der Waals surface area contributed by atoms with Crippen molar-refractivity contribution in [3.05, 3.63) is 35.5 Å². The van der Waals surface area contributed by atoms with Crippen LogP contribution in [-0.4, -0.2) is 33.9 Å². The molecule has 0 aliphatic carbocycles. The zero-order chi connectivity index (χ0) is 14.5. The summed E-state index contributed by atoms with van der Waals surface area (Å²) in [4.78, 5) is 11.1. The molecule has 2 aromatic rings. The molecule has 108 valence electrons. The number of aromatic carboxylic acids is 1. The number of nitrogens with zero attached hydrogens (tertiary/aromatic N) is 1. The lowest BCUT2D eigenvalue weighted by Gasteiger charge is -2.04. The minimum Gasteiger partial charge on any atom is -0.478 e. The lowest BCUT2D eigenvalue weighted by molar-refractivity contribution is 0.0697. The lowest BCUT2D eigenvalue weighted by atomic mass is 10.1. The summed E-state index contributed by atoms with van der Waals surface area (Å²) in [5, 5.41) is 19.1. The molecule has 2 rings (SSSR count). The number of carboxylic acids is 1. The third-order valence-electron chi connectivity index (χ3n) is 3.42. The average Bonchev–Trinajstić information content (AvgIpc) is 2.80. The van der Waals surface area contributed by atoms with Gasteiger partial charge in [-0.1, -0.05) is 6.07 Å². The van der Waals surface area contributed by atoms with E-state index < -0.39 is 5.97 Å². The molecule has 4 N–H and O–H groups in total. The second-order valence-corrected chi connectivity index (χ2v) is 4.85. The Kier molecular flexibility index (Phi) is 4.76. The van der Waals surface area contributed by atoms with Gasteiger partial charge in [-0.25, -0.2) is 4.79 Å². The first-order valence-corrected chi connectivity index (χ1v) is 6.83. The van der Waals surface area contributed by atoms with E-state index in [1.165, 1.54) is 0 Å². The quantitative estimate of drug-likeness (QED) is 0.717. The van der Waals surface area contributed by atoms with Crippen LogP contribution in [-0.2, 0) is 13.0 Å². The molecule has 0 radical (unpaired) electrons. The largest absolute Gasteiger partial charge is 0.478 e. The zero-order valence-corrected chi connectivity index (χ0v) is 11.4. The molecule has 1 heterocycles. The first-order valence-electron chi connectivity index (χ1n) is 6.83. The van der Waals surface area contributed by atoms with E-state index in [0.717, 1.165) is 35.9 Å². The Morgan fingerprint density at radius 1 is 1.30 bits per heavy atom. The Balaban J connectivity index is 2.45. The summed E-state index contributed by atoms with van der Waals surface area (Å²) in [7, 11) is 0. The van der Waals surface area contributed by atoms with Crippen LogP contribution < -0.4 is 5.73 Å². The van der Waals surface area contributed by atoms with Crippen LogP contribution in [0.4, 0.5) is 0 Å². The fourth-order valence-electron chi connectivity index (χ4n) is 2.42. The Hall–Kier alpha value is -1.85. The van der Waals surface area contributed by atoms with Gasteiger partial charge in [-0.3, -0.25) is 0 Å². The molecule has 1 aromatic carbocycles. The van der Waals surface area contributed by atoms with Gasteiger partial charge < -0.3 is 20.5 Å². The number of hydrogen-bond donors (Lipinski definition) is 3. The van der Waals surface area contributed by atoms with Gasteiger partial charge in [-0.15, -0.1) is 0 Å². The number of aryl methyl sites for hydroxylation is 2. The molecule has 0 amide bonds. The number of benzene rings is 1. The van der Waals surface area contributed by atoms with E-state index in [2.05, 4.69) is 4.57 Å². The predicted molar refractivity (Wildman–Crippen MR) is 78.0 cm³/mol. The van der Waals surface area contributed by atoms with Crippen molar-refractivity contribution in [1.29, 1.82) is 0 Å². The van der Waals surface area contributed by atoms with Crippen LogP contribution >= 0.6 is 0 Å². The molecule has 0 aliphatic rings. The third kappa shape index (κ3) is 3.00. The van der Waals surface area contributed by atoms with E-state index in [9.17, 15) is 4.79 Å². The molecule has 5 nitrogen and oxygen atoms in total. The highest BCUT2D eigenvalue weighted by Gasteiger charge is 2.11. The minimum absolute atomic E-state index is 0.155. The molecule has 0 spiro atoms. The van der Waals surface area contributed by atoms with E-state index in [-0.39, 0.29) is 6.61 Å². The van der Waals surface area contributed by atoms with Gasteiger partial charge in [0, 0.05) is 30.3 Å². The fraction of sp³-hybridized carbons (Fsp3) is 0.400. The Morgan fingerprint density at radius 2 is 2.10 bits per heavy atom. The lowest BCUT2D eigenvalue weighted by Crippen LogP contribution is -2.05. The van der Waals surface area contributed by atoms with Gasteiger partial charge in [0.25, 0.3) is 0 Å². The number of fused-ring (bicyclic) bond motifs is 1. The van der Waals surface area contributed by atoms with E-state index in [1.54, 1.807) is 12.1 Å². The molecule has 5 heteroatoms. The maximum Gasteiger partial charge on any atom is 0.335 e. The SMILES string of the molecule is NCCCn1cc(CCCO)c2ccc(C(=O)O)cc21. The topological polar surface area (TPSA) is 88.5 Å². The van der Waals surface area contributed by atoms with Crippen LogP contribution in [0.5, 0.6) is 0 Å². The molecular formula is C15H20N2O3. The maximum absolute atomic E-state index is 11.1. The number of rotatable bonds is 7. The van der Waals surface area contributed by atoms with Crippen molar-refractivity contribution in [2.75, 3.05) is 13.2 Å². The van der Waals surface area contributed by atoms with Crippen molar-refractivity contribution < 1.29 is 15.0 Å². The summed E-state index contributed by atoms with van der Waals surface area (Å²) in [6.07, 6.45) is 4.38. The van der Waals surface area contributed by atoms with Gasteiger partial charge in [0.15, 0.2) is 0 Å². The second kappa shape index (κ2) is 6.54. The average molecular weight is 276 g/mol. The first-order chi connectivity index (χ1) is 9.67. The van der Waals surface area contributed by atoms with Gasteiger partial charge in [0.1, 0.15) is 0 Å². The first kappa shape index (κ1) is 14.6. The minimum atomic E-state index is -0.921. The molecule has 0 saturated carbocycles. The summed E-state index contributed by atoms with van der Waals surface area (Å²) in [5.74, 6) is -0.921. The second-order valence-electron chi connectivity index (χ2n) is 4.85. The van der Waals surface area contributed by atoms with Crippen molar-refractivity contribution in [3.63, 3.8) is 0 Å². The van der Waals surface area contributed by atoms with Crippen molar-refractivity contribution in [1.82, 2.24) is 4.57 Å². The van der Waals surface area contributed by atoms with Gasteiger partial charge in [-0.2, -0.15) is 0 Å². The molecule has 20 heavy (non-hydrogen) atoms. The number of aliphatic hydroxyl groups is 1. The molecular weight excluding hydrogens is 256 g/mol. The van der Waals surface area contributed by atoms with Crippen LogP contribution in [0.15, 0.2) is 24.4 Å². The van der Waals surface area contributed by atoms with Crippen LogP contribution in [0.3, 0.4) is 0 Å². The predicted octanol–water partition coefficient (Wildman–Crippen LogP) is 1.61. The van der Waals surface area contributed by atoms with E-state index in [4.69, 9.17) is 15.9 Å². The molecule has 0 bridgehead atoms. The number of hydrogen-bond acceptors (Lipinski definition) is 3. The molecule has 0 aliphatic heterocycles. The van der Waals surface area contributed by atoms with E-state index in [1.807, 2.05) is 12.3 Å². The highest BCUT2D eigenvalue weighted by Crippen LogP contribution is 2.24. The van der Waals surface area contributed by atoms with Gasteiger partial charge in [-0.05, 0) is 43.5 Å². The highest BCUT2D eigenvalue weighted by atomic mass is 16.4. The van der Waals surface area contributed by atoms with Crippen LogP contribution in [0.25, 0.3) is 10.9 Å². The summed E-state index contributed by atoms with van der Waals surface area (Å²) in [6, 6.07) is 5.18. The van der Waals surface area contributed by atoms with Crippen LogP contribution in [0.1, 0.15) is 28.8 Å². The van der Waals surface area contributed by atoms with Crippen molar-refractivity contribution in [2.45, 2.75) is 25.8 Å². The molecule has 0 atom stereocenters. The summed E-state index contributed by atoms with van der Waals surface area (Å²) >= 11 is 0. The van der Waals surface area contributed by atoms with Crippen LogP contribution in [0.2, 0.25) is 0 Å². The third-order valence-corrected chi connectivity index (χ3v) is 3.42. The molecule has 0 saturated heterocycles.